The quantitative estimate of drug-likeness (QED) is 0.178. The van der Waals surface area contributed by atoms with Crippen LogP contribution in [0.1, 0.15) is 0 Å². The lowest BCUT2D eigenvalue weighted by molar-refractivity contribution is 0.668. The first-order valence-corrected chi connectivity index (χ1v) is 20.5. The van der Waals surface area contributed by atoms with Gasteiger partial charge in [-0.2, -0.15) is 0 Å². The molecule has 6 heteroatoms. The summed E-state index contributed by atoms with van der Waals surface area (Å²) in [5.74, 6) is 1.71. The van der Waals surface area contributed by atoms with Crippen molar-refractivity contribution in [1.29, 1.82) is 0 Å². The summed E-state index contributed by atoms with van der Waals surface area (Å²) in [6, 6.07) is 63.7. The van der Waals surface area contributed by atoms with Crippen LogP contribution >= 0.6 is 0 Å². The molecule has 1 aliphatic rings. The molecule has 282 valence electrons. The van der Waals surface area contributed by atoms with E-state index in [1.165, 1.54) is 43.8 Å². The Bertz CT molecular complexity index is 4010. The molecule has 0 saturated carbocycles. The zero-order valence-electron chi connectivity index (χ0n) is 32.4. The summed E-state index contributed by atoms with van der Waals surface area (Å²) in [5, 5.41) is 8.94. The van der Waals surface area contributed by atoms with Gasteiger partial charge in [0.25, 0.3) is 0 Å². The minimum Gasteiger partial charge on any atom is -0.456 e. The predicted octanol–water partition coefficient (Wildman–Crippen LogP) is 14.6. The van der Waals surface area contributed by atoms with Crippen molar-refractivity contribution in [1.82, 2.24) is 19.5 Å². The highest BCUT2D eigenvalue weighted by Gasteiger charge is 2.27. The molecule has 6 nitrogen and oxygen atoms in total. The monoisotopic (exact) mass is 778 g/mol. The lowest BCUT2D eigenvalue weighted by Gasteiger charge is -2.14. The highest BCUT2D eigenvalue weighted by Crippen LogP contribution is 2.51. The molecule has 4 heterocycles. The summed E-state index contributed by atoms with van der Waals surface area (Å²) >= 11 is 0. The number of furan rings is 2. The Balaban J connectivity index is 1.08. The Morgan fingerprint density at radius 1 is 0.311 bits per heavy atom. The number of fused-ring (bicyclic) bond motifs is 9. The van der Waals surface area contributed by atoms with E-state index in [9.17, 15) is 0 Å². The molecule has 0 N–H and O–H groups in total. The molecule has 0 unspecified atom stereocenters. The third-order valence-corrected chi connectivity index (χ3v) is 12.6. The van der Waals surface area contributed by atoms with Crippen molar-refractivity contribution in [3.05, 3.63) is 182 Å². The first kappa shape index (κ1) is 32.6. The second-order valence-corrected chi connectivity index (χ2v) is 15.8. The molecule has 0 atom stereocenters. The van der Waals surface area contributed by atoms with Gasteiger partial charge in [-0.3, -0.25) is 0 Å². The Labute approximate surface area is 347 Å². The number of hydrogen-bond acceptors (Lipinski definition) is 5. The van der Waals surface area contributed by atoms with E-state index in [-0.39, 0.29) is 0 Å². The van der Waals surface area contributed by atoms with Gasteiger partial charge in [0.2, 0.25) is 0 Å². The maximum absolute atomic E-state index is 6.78. The van der Waals surface area contributed by atoms with Crippen LogP contribution in [0.5, 0.6) is 0 Å². The highest BCUT2D eigenvalue weighted by atomic mass is 16.3. The third-order valence-electron chi connectivity index (χ3n) is 12.6. The minimum atomic E-state index is 0.558. The van der Waals surface area contributed by atoms with Crippen LogP contribution in [0.15, 0.2) is 191 Å². The first-order chi connectivity index (χ1) is 30.3. The number of nitrogens with zero attached hydrogens (tertiary/aromatic N) is 4. The minimum absolute atomic E-state index is 0.558. The molecule has 0 radical (unpaired) electrons. The van der Waals surface area contributed by atoms with Crippen molar-refractivity contribution >= 4 is 76.5 Å². The molecular formula is C55H30N4O2. The topological polar surface area (TPSA) is 69.9 Å². The highest BCUT2D eigenvalue weighted by molar-refractivity contribution is 6.31. The fourth-order valence-electron chi connectivity index (χ4n) is 10.1. The summed E-state index contributed by atoms with van der Waals surface area (Å²) < 4.78 is 15.5. The van der Waals surface area contributed by atoms with Gasteiger partial charge in [0.05, 0.1) is 22.1 Å². The van der Waals surface area contributed by atoms with E-state index in [0.29, 0.717) is 17.5 Å². The average Bonchev–Trinajstić information content (AvgIpc) is 3.99. The van der Waals surface area contributed by atoms with Crippen molar-refractivity contribution in [2.75, 3.05) is 0 Å². The number of aromatic nitrogens is 4. The molecule has 9 aromatic carbocycles. The van der Waals surface area contributed by atoms with E-state index >= 15 is 0 Å². The Morgan fingerprint density at radius 3 is 1.66 bits per heavy atom. The second kappa shape index (κ2) is 12.1. The zero-order chi connectivity index (χ0) is 39.8. The maximum Gasteiger partial charge on any atom is 0.164 e. The molecule has 0 spiro atoms. The van der Waals surface area contributed by atoms with Gasteiger partial charge in [0.1, 0.15) is 22.3 Å². The first-order valence-electron chi connectivity index (χ1n) is 20.5. The number of benzene rings is 9. The molecule has 0 aliphatic heterocycles. The summed E-state index contributed by atoms with van der Waals surface area (Å²) in [6.07, 6.45) is 0. The standard InChI is InChI=1S/C55H30N4O2/c1-2-13-32(14-3-1)53-56-54(38-21-10-26-44-48(38)37-18-6-7-25-43(37)60-44)58-55(57-53)39-22-11-27-45-50(39)51-41(24-12-28-46(51)61-45)59-40-23-9-20-36-34-17-5-4-16-33(34)35-19-8-15-31-29-30-42(59)52(47(31)35)49(36)40/h1-30H. The maximum atomic E-state index is 6.78. The number of rotatable bonds is 4. The fraction of sp³-hybridized carbons (Fsp3) is 0. The normalized spacial score (nSPS) is 12.3. The molecule has 1 aliphatic carbocycles. The summed E-state index contributed by atoms with van der Waals surface area (Å²) in [5.41, 5.74) is 14.1. The van der Waals surface area contributed by atoms with E-state index in [0.717, 1.165) is 77.3 Å². The zero-order valence-corrected chi connectivity index (χ0v) is 32.4. The van der Waals surface area contributed by atoms with E-state index < -0.39 is 0 Å². The van der Waals surface area contributed by atoms with Gasteiger partial charge >= 0.3 is 0 Å². The van der Waals surface area contributed by atoms with Gasteiger partial charge < -0.3 is 13.4 Å². The van der Waals surface area contributed by atoms with E-state index in [4.69, 9.17) is 23.8 Å². The Kier molecular flexibility index (Phi) is 6.46. The van der Waals surface area contributed by atoms with Gasteiger partial charge in [0, 0.05) is 43.6 Å². The second-order valence-electron chi connectivity index (χ2n) is 15.8. The lowest BCUT2D eigenvalue weighted by Crippen LogP contribution is -2.01. The van der Waals surface area contributed by atoms with Crippen LogP contribution in [0.3, 0.4) is 0 Å². The van der Waals surface area contributed by atoms with Crippen LogP contribution in [0, 0.1) is 0 Å². The van der Waals surface area contributed by atoms with Crippen LogP contribution in [-0.2, 0) is 0 Å². The van der Waals surface area contributed by atoms with Crippen molar-refractivity contribution in [2.45, 2.75) is 0 Å². The van der Waals surface area contributed by atoms with Crippen molar-refractivity contribution < 1.29 is 8.83 Å². The Morgan fingerprint density at radius 2 is 0.852 bits per heavy atom. The molecule has 13 aromatic rings. The van der Waals surface area contributed by atoms with Crippen molar-refractivity contribution in [3.8, 4) is 62.1 Å². The van der Waals surface area contributed by atoms with Crippen molar-refractivity contribution in [3.63, 3.8) is 0 Å². The summed E-state index contributed by atoms with van der Waals surface area (Å²) in [6.45, 7) is 0. The molecule has 0 bridgehead atoms. The SMILES string of the molecule is c1ccc(-c2nc(-c3cccc4oc5ccccc5c34)nc(-c3cccc4oc5cccc(-n6c7cccc8c7c7c9c(cccc9ccc76)-c6ccccc6-8)c5c34)n2)cc1. The van der Waals surface area contributed by atoms with E-state index in [1.807, 2.05) is 72.8 Å². The third kappa shape index (κ3) is 4.48. The molecule has 4 aromatic heterocycles. The van der Waals surface area contributed by atoms with Gasteiger partial charge in [-0.15, -0.1) is 0 Å². The van der Waals surface area contributed by atoms with Gasteiger partial charge in [-0.1, -0.05) is 140 Å². The Hall–Kier alpha value is -8.35. The predicted molar refractivity (Wildman–Crippen MR) is 247 cm³/mol. The summed E-state index contributed by atoms with van der Waals surface area (Å²) in [7, 11) is 0. The fourth-order valence-corrected chi connectivity index (χ4v) is 10.1. The lowest BCUT2D eigenvalue weighted by atomic mass is 9.93. The van der Waals surface area contributed by atoms with E-state index in [1.54, 1.807) is 0 Å². The van der Waals surface area contributed by atoms with Crippen LogP contribution in [0.2, 0.25) is 0 Å². The molecule has 0 saturated heterocycles. The van der Waals surface area contributed by atoms with Crippen LogP contribution < -0.4 is 0 Å². The van der Waals surface area contributed by atoms with Gasteiger partial charge in [-0.25, -0.2) is 15.0 Å². The molecule has 0 amide bonds. The molecule has 14 rings (SSSR count). The van der Waals surface area contributed by atoms with Gasteiger partial charge in [-0.05, 0) is 75.5 Å². The van der Waals surface area contributed by atoms with Crippen molar-refractivity contribution in [2.24, 2.45) is 0 Å². The molecule has 61 heavy (non-hydrogen) atoms. The van der Waals surface area contributed by atoms with Crippen LogP contribution in [0.4, 0.5) is 0 Å². The molecule has 0 fully saturated rings. The van der Waals surface area contributed by atoms with E-state index in [2.05, 4.69) is 114 Å². The number of para-hydroxylation sites is 1. The smallest absolute Gasteiger partial charge is 0.164 e. The van der Waals surface area contributed by atoms with Crippen LogP contribution in [-0.4, -0.2) is 19.5 Å². The number of hydrogen-bond donors (Lipinski definition) is 0. The van der Waals surface area contributed by atoms with Gasteiger partial charge in [0.15, 0.2) is 17.5 Å². The van der Waals surface area contributed by atoms with Crippen LogP contribution in [0.25, 0.3) is 139 Å². The average molecular weight is 779 g/mol. The largest absolute Gasteiger partial charge is 0.456 e. The molecular weight excluding hydrogens is 749 g/mol. The summed E-state index contributed by atoms with van der Waals surface area (Å²) in [4.78, 5) is 15.7.